The molecule has 0 radical (unpaired) electrons. The molecule has 8 atom stereocenters. The number of aliphatic hydroxyl groups is 1. The van der Waals surface area contributed by atoms with Gasteiger partial charge in [0.25, 0.3) is 8.32 Å². The second-order valence-corrected chi connectivity index (χ2v) is 23.4. The van der Waals surface area contributed by atoms with Crippen molar-refractivity contribution in [3.63, 3.8) is 0 Å². The molecule has 0 spiro atoms. The van der Waals surface area contributed by atoms with E-state index in [0.29, 0.717) is 34.2 Å². The van der Waals surface area contributed by atoms with Gasteiger partial charge in [-0.25, -0.2) is 9.59 Å². The molecule has 0 amide bonds. The van der Waals surface area contributed by atoms with Crippen LogP contribution in [0, 0.1) is 28.6 Å². The summed E-state index contributed by atoms with van der Waals surface area (Å²) >= 11 is 0. The maximum atomic E-state index is 14.2. The first-order chi connectivity index (χ1) is 25.8. The van der Waals surface area contributed by atoms with E-state index in [1.807, 2.05) is 19.1 Å². The molecule has 3 aliphatic rings. The Kier molecular flexibility index (Phi) is 11.0. The number of rotatable bonds is 10. The molecule has 55 heavy (non-hydrogen) atoms. The van der Waals surface area contributed by atoms with Gasteiger partial charge in [0.1, 0.15) is 34.5 Å². The third-order valence-corrected chi connectivity index (χ3v) is 20.0. The van der Waals surface area contributed by atoms with Gasteiger partial charge in [0.2, 0.25) is 0 Å². The first kappa shape index (κ1) is 40.7. The minimum Gasteiger partial charge on any atom is -0.543 e. The average molecular weight is 774 g/mol. The van der Waals surface area contributed by atoms with Crippen LogP contribution in [-0.2, 0) is 14.3 Å². The van der Waals surface area contributed by atoms with Crippen LogP contribution >= 0.6 is 0 Å². The monoisotopic (exact) mass is 773 g/mol. The van der Waals surface area contributed by atoms with E-state index in [4.69, 9.17) is 23.1 Å². The molecule has 6 rings (SSSR count). The maximum Gasteiger partial charge on any atom is 0.345 e. The number of aromatic nitrogens is 1. The number of benzene rings is 1. The van der Waals surface area contributed by atoms with Gasteiger partial charge in [-0.1, -0.05) is 62.3 Å². The second-order valence-electron chi connectivity index (χ2n) is 18.0. The van der Waals surface area contributed by atoms with Crippen LogP contribution < -0.4 is 14.8 Å². The lowest BCUT2D eigenvalue weighted by Gasteiger charge is -2.66. The van der Waals surface area contributed by atoms with Crippen LogP contribution in [0.15, 0.2) is 64.1 Å². The van der Waals surface area contributed by atoms with E-state index in [1.165, 1.54) is 6.92 Å². The van der Waals surface area contributed by atoms with Crippen LogP contribution in [0.4, 0.5) is 0 Å². The Hall–Kier alpha value is -3.96. The van der Waals surface area contributed by atoms with Crippen molar-refractivity contribution >= 4 is 20.3 Å². The summed E-state index contributed by atoms with van der Waals surface area (Å²) in [6.07, 6.45) is 2.99. The summed E-state index contributed by atoms with van der Waals surface area (Å²) in [5.41, 5.74) is -0.934. The van der Waals surface area contributed by atoms with Gasteiger partial charge in [0.05, 0.1) is 18.3 Å². The molecule has 10 nitrogen and oxygen atoms in total. The van der Waals surface area contributed by atoms with Crippen molar-refractivity contribution in [3.05, 3.63) is 76.4 Å². The van der Waals surface area contributed by atoms with Crippen LogP contribution in [0.3, 0.4) is 0 Å². The standard InChI is InChI=1S/C44H59NO9Si/c1-25(2)55(26(3)4,27(5)6)54-32-16-14-30(15-17-32)40(48)52-36-22-35-42(9,19-18-28(7)43(35,10)24-50-29(8)46)39-38(47)37-34(53-44(36,39)11)21-33(51-41(37)49)31-13-12-20-45-23-31/h12-17,20-21,23,25-28,35-36,38-39,47H,18-19,22,24H2,1-11H3/t28-,35?,36-,38?,39?,42-,43-,44+/m0/s1. The fraction of sp³-hybridized carbons (Fsp3) is 0.591. The van der Waals surface area contributed by atoms with Gasteiger partial charge in [0, 0.05) is 42.3 Å². The highest BCUT2D eigenvalue weighted by molar-refractivity contribution is 6.78. The number of nitrogens with zero attached hydrogens (tertiary/aromatic N) is 1. The lowest BCUT2D eigenvalue weighted by molar-refractivity contribution is -0.257. The zero-order chi connectivity index (χ0) is 40.2. The summed E-state index contributed by atoms with van der Waals surface area (Å²) in [6.45, 7) is 23.3. The molecular weight excluding hydrogens is 715 g/mol. The lowest BCUT2D eigenvalue weighted by Crippen LogP contribution is -2.70. The predicted molar refractivity (Wildman–Crippen MR) is 212 cm³/mol. The maximum absolute atomic E-state index is 14.2. The van der Waals surface area contributed by atoms with Crippen molar-refractivity contribution in [3.8, 4) is 22.8 Å². The number of pyridine rings is 1. The molecule has 0 saturated heterocycles. The number of ether oxygens (including phenoxy) is 3. The van der Waals surface area contributed by atoms with Crippen molar-refractivity contribution in [2.24, 2.45) is 28.6 Å². The third kappa shape index (κ3) is 6.83. The highest BCUT2D eigenvalue weighted by atomic mass is 28.4. The number of fused-ring (bicyclic) bond motifs is 4. The molecule has 298 valence electrons. The Morgan fingerprint density at radius 2 is 1.67 bits per heavy atom. The highest BCUT2D eigenvalue weighted by Gasteiger charge is 2.70. The van der Waals surface area contributed by atoms with Gasteiger partial charge in [0.15, 0.2) is 0 Å². The number of hydrogen-bond acceptors (Lipinski definition) is 10. The summed E-state index contributed by atoms with van der Waals surface area (Å²) in [4.78, 5) is 44.3. The number of hydrogen-bond donors (Lipinski definition) is 1. The predicted octanol–water partition coefficient (Wildman–Crippen LogP) is 9.31. The average Bonchev–Trinajstić information content (AvgIpc) is 3.12. The fourth-order valence-corrected chi connectivity index (χ4v) is 16.4. The van der Waals surface area contributed by atoms with E-state index in [9.17, 15) is 19.5 Å². The van der Waals surface area contributed by atoms with E-state index in [2.05, 4.69) is 67.3 Å². The van der Waals surface area contributed by atoms with Gasteiger partial charge in [-0.05, 0) is 96.5 Å². The third-order valence-electron chi connectivity index (χ3n) is 14.0. The zero-order valence-electron chi connectivity index (χ0n) is 34.3. The van der Waals surface area contributed by atoms with Gasteiger partial charge in [-0.15, -0.1) is 0 Å². The van der Waals surface area contributed by atoms with Crippen molar-refractivity contribution in [1.82, 2.24) is 4.98 Å². The van der Waals surface area contributed by atoms with Gasteiger partial charge >= 0.3 is 17.6 Å². The largest absolute Gasteiger partial charge is 0.543 e. The number of carbonyl (C=O) groups is 2. The van der Waals surface area contributed by atoms with Gasteiger partial charge in [-0.3, -0.25) is 9.78 Å². The Labute approximate surface area is 326 Å². The summed E-state index contributed by atoms with van der Waals surface area (Å²) in [6, 6.07) is 12.3. The minimum absolute atomic E-state index is 0.0433. The van der Waals surface area contributed by atoms with Crippen LogP contribution in [0.1, 0.15) is 117 Å². The highest BCUT2D eigenvalue weighted by Crippen LogP contribution is 2.68. The van der Waals surface area contributed by atoms with Crippen LogP contribution in [0.2, 0.25) is 16.6 Å². The molecule has 1 aliphatic heterocycles. The van der Waals surface area contributed by atoms with Crippen molar-refractivity contribution in [2.45, 2.75) is 130 Å². The van der Waals surface area contributed by atoms with E-state index < -0.39 is 54.5 Å². The number of carbonyl (C=O) groups excluding carboxylic acids is 2. The van der Waals surface area contributed by atoms with E-state index in [0.717, 1.165) is 18.6 Å². The number of esters is 2. The first-order valence-electron chi connectivity index (χ1n) is 19.9. The molecule has 2 aliphatic carbocycles. The first-order valence-corrected chi connectivity index (χ1v) is 22.0. The summed E-state index contributed by atoms with van der Waals surface area (Å²) < 4.78 is 31.8. The van der Waals surface area contributed by atoms with Crippen LogP contribution in [0.5, 0.6) is 11.5 Å². The molecule has 0 bridgehead atoms. The lowest BCUT2D eigenvalue weighted by atomic mass is 9.41. The summed E-state index contributed by atoms with van der Waals surface area (Å²) in [5, 5.41) is 12.4. The van der Waals surface area contributed by atoms with E-state index >= 15 is 0 Å². The quantitative estimate of drug-likeness (QED) is 0.157. The van der Waals surface area contributed by atoms with Crippen molar-refractivity contribution < 1.29 is 37.7 Å². The molecule has 3 aromatic rings. The molecule has 1 aromatic carbocycles. The Morgan fingerprint density at radius 1 is 1.02 bits per heavy atom. The topological polar surface area (TPSA) is 134 Å². The Bertz CT molecular complexity index is 1920. The molecule has 2 fully saturated rings. The Balaban J connectivity index is 1.41. The van der Waals surface area contributed by atoms with E-state index in [-0.39, 0.29) is 41.5 Å². The van der Waals surface area contributed by atoms with E-state index in [1.54, 1.807) is 42.7 Å². The summed E-state index contributed by atoms with van der Waals surface area (Å²) in [7, 11) is -2.22. The van der Waals surface area contributed by atoms with Crippen molar-refractivity contribution in [1.29, 1.82) is 0 Å². The van der Waals surface area contributed by atoms with Gasteiger partial charge in [-0.2, -0.15) is 0 Å². The molecule has 3 heterocycles. The summed E-state index contributed by atoms with van der Waals surface area (Å²) in [5.74, 6) is -0.447. The fourth-order valence-electron chi connectivity index (χ4n) is 11.1. The minimum atomic E-state index is -2.22. The second kappa shape index (κ2) is 14.8. The molecule has 2 aromatic heterocycles. The normalized spacial score (nSPS) is 30.2. The van der Waals surface area contributed by atoms with Crippen LogP contribution in [-0.4, -0.2) is 48.7 Å². The zero-order valence-corrected chi connectivity index (χ0v) is 35.3. The SMILES string of the molecule is CC(=O)OC[C@]1(C)C2C[C@H](OC(=O)c3ccc(O[Si](C(C)C)(C(C)C)C(C)C)cc3)[C@@]3(C)Oc4cc(-c5cccnc5)oc(=O)c4C(O)C3[C@@]2(C)CC[C@@H]1C. The molecular formula is C44H59NO9Si. The molecule has 2 saturated carbocycles. The smallest absolute Gasteiger partial charge is 0.345 e. The van der Waals surface area contributed by atoms with Crippen LogP contribution in [0.25, 0.3) is 11.3 Å². The van der Waals surface area contributed by atoms with Gasteiger partial charge < -0.3 is 28.2 Å². The van der Waals surface area contributed by atoms with Crippen molar-refractivity contribution in [2.75, 3.05) is 6.61 Å². The Morgan fingerprint density at radius 3 is 2.25 bits per heavy atom. The molecule has 3 unspecified atom stereocenters. The molecule has 1 N–H and O–H groups in total. The molecule has 11 heteroatoms. The number of aliphatic hydroxyl groups excluding tert-OH is 1.